The summed E-state index contributed by atoms with van der Waals surface area (Å²) in [6.45, 7) is 1.96. The lowest BCUT2D eigenvalue weighted by Gasteiger charge is -2.10. The Labute approximate surface area is 150 Å². The highest BCUT2D eigenvalue weighted by Crippen LogP contribution is 2.32. The molecular weight excluding hydrogens is 370 g/mol. The first-order valence-electron chi connectivity index (χ1n) is 7.92. The number of nitrogens with zero attached hydrogens (tertiary/aromatic N) is 1. The molecule has 0 atom stereocenters. The SMILES string of the molecule is NC(=NCCc1cccc(Br)c1)Nc1ccc2c(c1)OCCCO2. The molecule has 0 amide bonds. The van der Waals surface area contributed by atoms with Crippen LogP contribution < -0.4 is 20.5 Å². The molecule has 0 saturated carbocycles. The van der Waals surface area contributed by atoms with Crippen LogP contribution in [-0.2, 0) is 6.42 Å². The van der Waals surface area contributed by atoms with Crippen molar-refractivity contribution in [2.45, 2.75) is 12.8 Å². The van der Waals surface area contributed by atoms with Crippen molar-refractivity contribution in [2.75, 3.05) is 25.1 Å². The van der Waals surface area contributed by atoms with E-state index in [-0.39, 0.29) is 0 Å². The Balaban J connectivity index is 1.58. The predicted molar refractivity (Wildman–Crippen MR) is 100 cm³/mol. The topological polar surface area (TPSA) is 68.9 Å². The quantitative estimate of drug-likeness (QED) is 0.619. The number of aliphatic imine (C=N–C) groups is 1. The van der Waals surface area contributed by atoms with E-state index >= 15 is 0 Å². The number of guanidine groups is 1. The zero-order valence-corrected chi connectivity index (χ0v) is 14.9. The first-order chi connectivity index (χ1) is 11.7. The molecule has 1 aliphatic heterocycles. The van der Waals surface area contributed by atoms with Crippen LogP contribution in [0.4, 0.5) is 5.69 Å². The van der Waals surface area contributed by atoms with Crippen LogP contribution in [0.1, 0.15) is 12.0 Å². The molecule has 0 radical (unpaired) electrons. The Morgan fingerprint density at radius 2 is 1.96 bits per heavy atom. The standard InChI is InChI=1S/C18H20BrN3O2/c19-14-4-1-3-13(11-14)7-8-21-18(20)22-15-5-6-16-17(12-15)24-10-2-9-23-16/h1,3-6,11-12H,2,7-10H2,(H3,20,21,22). The maximum Gasteiger partial charge on any atom is 0.193 e. The van der Waals surface area contributed by atoms with Crippen LogP contribution in [0.2, 0.25) is 0 Å². The van der Waals surface area contributed by atoms with Crippen molar-refractivity contribution in [1.82, 2.24) is 0 Å². The molecule has 3 rings (SSSR count). The molecule has 2 aromatic rings. The van der Waals surface area contributed by atoms with E-state index < -0.39 is 0 Å². The molecule has 126 valence electrons. The van der Waals surface area contributed by atoms with Gasteiger partial charge in [-0.2, -0.15) is 0 Å². The molecule has 0 aromatic heterocycles. The molecular formula is C18H20BrN3O2. The molecule has 6 heteroatoms. The van der Waals surface area contributed by atoms with Crippen LogP contribution in [0.5, 0.6) is 11.5 Å². The van der Waals surface area contributed by atoms with Crippen LogP contribution in [0.15, 0.2) is 51.9 Å². The normalized spacial score (nSPS) is 14.1. The number of anilines is 1. The number of ether oxygens (including phenoxy) is 2. The molecule has 0 aliphatic carbocycles. The smallest absolute Gasteiger partial charge is 0.193 e. The van der Waals surface area contributed by atoms with Crippen molar-refractivity contribution < 1.29 is 9.47 Å². The van der Waals surface area contributed by atoms with Gasteiger partial charge in [0.25, 0.3) is 0 Å². The van der Waals surface area contributed by atoms with E-state index in [1.54, 1.807) is 0 Å². The van der Waals surface area contributed by atoms with Gasteiger partial charge in [-0.05, 0) is 36.2 Å². The molecule has 0 spiro atoms. The van der Waals surface area contributed by atoms with Crippen LogP contribution in [0, 0.1) is 0 Å². The largest absolute Gasteiger partial charge is 0.490 e. The van der Waals surface area contributed by atoms with Gasteiger partial charge in [0.05, 0.1) is 13.2 Å². The van der Waals surface area contributed by atoms with Crippen LogP contribution in [-0.4, -0.2) is 25.7 Å². The third-order valence-electron chi connectivity index (χ3n) is 3.59. The van der Waals surface area contributed by atoms with Gasteiger partial charge in [-0.1, -0.05) is 28.1 Å². The van der Waals surface area contributed by atoms with Crippen LogP contribution in [0.3, 0.4) is 0 Å². The van der Waals surface area contributed by atoms with Crippen LogP contribution >= 0.6 is 15.9 Å². The average molecular weight is 390 g/mol. The molecule has 5 nitrogen and oxygen atoms in total. The molecule has 1 heterocycles. The highest BCUT2D eigenvalue weighted by atomic mass is 79.9. The minimum atomic E-state index is 0.388. The van der Waals surface area contributed by atoms with Crippen molar-refractivity contribution in [1.29, 1.82) is 0 Å². The molecule has 1 aliphatic rings. The fourth-order valence-corrected chi connectivity index (χ4v) is 2.87. The van der Waals surface area contributed by atoms with E-state index in [4.69, 9.17) is 15.2 Å². The van der Waals surface area contributed by atoms with Crippen molar-refractivity contribution in [3.05, 3.63) is 52.5 Å². The number of fused-ring (bicyclic) bond motifs is 1. The second kappa shape index (κ2) is 8.06. The summed E-state index contributed by atoms with van der Waals surface area (Å²) >= 11 is 3.47. The summed E-state index contributed by atoms with van der Waals surface area (Å²) in [4.78, 5) is 4.37. The molecule has 0 saturated heterocycles. The Morgan fingerprint density at radius 3 is 2.79 bits per heavy atom. The van der Waals surface area contributed by atoms with Gasteiger partial charge in [0.15, 0.2) is 17.5 Å². The lowest BCUT2D eigenvalue weighted by atomic mass is 10.2. The number of halogens is 1. The minimum absolute atomic E-state index is 0.388. The summed E-state index contributed by atoms with van der Waals surface area (Å²) in [7, 11) is 0. The number of rotatable bonds is 4. The first kappa shape index (κ1) is 16.6. The monoisotopic (exact) mass is 389 g/mol. The Bertz CT molecular complexity index is 734. The Hall–Kier alpha value is -2.21. The van der Waals surface area contributed by atoms with Gasteiger partial charge in [0.2, 0.25) is 0 Å². The zero-order valence-electron chi connectivity index (χ0n) is 13.3. The van der Waals surface area contributed by atoms with E-state index in [2.05, 4.69) is 38.4 Å². The number of hydrogen-bond acceptors (Lipinski definition) is 3. The van der Waals surface area contributed by atoms with Gasteiger partial charge in [0, 0.05) is 29.2 Å². The Morgan fingerprint density at radius 1 is 1.12 bits per heavy atom. The highest BCUT2D eigenvalue weighted by molar-refractivity contribution is 9.10. The third kappa shape index (κ3) is 4.64. The van der Waals surface area contributed by atoms with Crippen molar-refractivity contribution in [2.24, 2.45) is 10.7 Å². The average Bonchev–Trinajstić information content (AvgIpc) is 2.80. The second-order valence-electron chi connectivity index (χ2n) is 5.48. The summed E-state index contributed by atoms with van der Waals surface area (Å²) in [6.07, 6.45) is 1.72. The predicted octanol–water partition coefficient (Wildman–Crippen LogP) is 3.58. The van der Waals surface area contributed by atoms with E-state index in [1.807, 2.05) is 30.3 Å². The van der Waals surface area contributed by atoms with Gasteiger partial charge >= 0.3 is 0 Å². The molecule has 0 bridgehead atoms. The number of benzene rings is 2. The first-order valence-corrected chi connectivity index (χ1v) is 8.71. The maximum atomic E-state index is 5.96. The van der Waals surface area contributed by atoms with Crippen LogP contribution in [0.25, 0.3) is 0 Å². The van der Waals surface area contributed by atoms with Gasteiger partial charge in [0.1, 0.15) is 0 Å². The van der Waals surface area contributed by atoms with Gasteiger partial charge in [-0.15, -0.1) is 0 Å². The van der Waals surface area contributed by atoms with Gasteiger partial charge in [-0.25, -0.2) is 0 Å². The third-order valence-corrected chi connectivity index (χ3v) is 4.08. The zero-order chi connectivity index (χ0) is 16.8. The molecule has 0 unspecified atom stereocenters. The molecule has 3 N–H and O–H groups in total. The summed E-state index contributed by atoms with van der Waals surface area (Å²) < 4.78 is 12.4. The number of hydrogen-bond donors (Lipinski definition) is 2. The molecule has 2 aromatic carbocycles. The molecule has 0 fully saturated rings. The summed E-state index contributed by atoms with van der Waals surface area (Å²) in [5, 5.41) is 3.09. The summed E-state index contributed by atoms with van der Waals surface area (Å²) in [5.74, 6) is 1.89. The van der Waals surface area contributed by atoms with Crippen molar-refractivity contribution in [3.8, 4) is 11.5 Å². The van der Waals surface area contributed by atoms with Crippen molar-refractivity contribution >= 4 is 27.6 Å². The number of nitrogens with two attached hydrogens (primary N) is 1. The second-order valence-corrected chi connectivity index (χ2v) is 6.40. The summed E-state index contributed by atoms with van der Waals surface area (Å²) in [5.41, 5.74) is 8.02. The minimum Gasteiger partial charge on any atom is -0.490 e. The lowest BCUT2D eigenvalue weighted by molar-refractivity contribution is 0.297. The fourth-order valence-electron chi connectivity index (χ4n) is 2.43. The van der Waals surface area contributed by atoms with E-state index in [9.17, 15) is 0 Å². The van der Waals surface area contributed by atoms with E-state index in [0.717, 1.165) is 34.5 Å². The van der Waals surface area contributed by atoms with E-state index in [1.165, 1.54) is 5.56 Å². The fraction of sp³-hybridized carbons (Fsp3) is 0.278. The highest BCUT2D eigenvalue weighted by Gasteiger charge is 2.10. The summed E-state index contributed by atoms with van der Waals surface area (Å²) in [6, 6.07) is 13.9. The van der Waals surface area contributed by atoms with Gasteiger partial charge < -0.3 is 20.5 Å². The Kier molecular flexibility index (Phi) is 5.59. The lowest BCUT2D eigenvalue weighted by Crippen LogP contribution is -2.23. The number of nitrogens with one attached hydrogen (secondary N) is 1. The van der Waals surface area contributed by atoms with Crippen molar-refractivity contribution in [3.63, 3.8) is 0 Å². The van der Waals surface area contributed by atoms with E-state index in [0.29, 0.717) is 25.7 Å². The maximum absolute atomic E-state index is 5.96. The molecule has 24 heavy (non-hydrogen) atoms. The van der Waals surface area contributed by atoms with Gasteiger partial charge in [-0.3, -0.25) is 4.99 Å².